The van der Waals surface area contributed by atoms with Crippen molar-refractivity contribution in [3.63, 3.8) is 0 Å². The lowest BCUT2D eigenvalue weighted by Gasteiger charge is -2.03. The summed E-state index contributed by atoms with van der Waals surface area (Å²) in [5.41, 5.74) is -0.236. The zero-order valence-corrected chi connectivity index (χ0v) is 9.80. The molecular weight excluding hydrogens is 333 g/mol. The molecule has 0 amide bonds. The Morgan fingerprint density at radius 2 is 1.85 bits per heavy atom. The first-order valence-corrected chi connectivity index (χ1v) is 4.94. The first-order chi connectivity index (χ1) is 5.95. The summed E-state index contributed by atoms with van der Waals surface area (Å²) in [4.78, 5) is 10.7. The zero-order valence-electron chi connectivity index (χ0n) is 5.88. The van der Waals surface area contributed by atoms with E-state index in [0.29, 0.717) is 0 Å². The first-order valence-electron chi connectivity index (χ1n) is 2.98. The maximum atomic E-state index is 13.1. The van der Waals surface area contributed by atoms with Gasteiger partial charge in [-0.15, -0.1) is 0 Å². The van der Waals surface area contributed by atoms with Gasteiger partial charge in [-0.25, -0.2) is 8.78 Å². The average molecular weight is 334 g/mol. The second-order valence-electron chi connectivity index (χ2n) is 2.12. The Morgan fingerprint density at radius 1 is 1.31 bits per heavy atom. The molecule has 0 saturated carbocycles. The summed E-state index contributed by atoms with van der Waals surface area (Å²) in [6, 6.07) is 0.854. The van der Waals surface area contributed by atoms with E-state index >= 15 is 0 Å². The number of hydrogen-bond donors (Lipinski definition) is 0. The minimum absolute atomic E-state index is 0.152. The third-order valence-electron chi connectivity index (χ3n) is 1.31. The molecule has 0 unspecified atom stereocenters. The van der Waals surface area contributed by atoms with Crippen LogP contribution in [0.15, 0.2) is 15.0 Å². The van der Waals surface area contributed by atoms with E-state index in [2.05, 4.69) is 31.9 Å². The molecule has 0 heterocycles. The monoisotopic (exact) mass is 332 g/mol. The highest BCUT2D eigenvalue weighted by atomic mass is 79.9. The number of hydrogen-bond acceptors (Lipinski definition) is 1. The predicted octanol–water partition coefficient (Wildman–Crippen LogP) is 3.87. The molecule has 0 fully saturated rings. The van der Waals surface area contributed by atoms with Gasteiger partial charge in [-0.1, -0.05) is 0 Å². The maximum absolute atomic E-state index is 13.1. The molecule has 1 nitrogen and oxygen atoms in total. The van der Waals surface area contributed by atoms with Crippen LogP contribution >= 0.6 is 43.5 Å². The van der Waals surface area contributed by atoms with Gasteiger partial charge in [0.05, 0.1) is 14.5 Å². The Bertz CT molecular complexity index is 381. The molecule has 13 heavy (non-hydrogen) atoms. The molecule has 70 valence electrons. The van der Waals surface area contributed by atoms with Crippen LogP contribution in [-0.2, 0) is 0 Å². The first kappa shape index (κ1) is 11.1. The number of benzene rings is 1. The lowest BCUT2D eigenvalue weighted by molar-refractivity contribution is 0.107. The van der Waals surface area contributed by atoms with Gasteiger partial charge in [-0.05, 0) is 49.5 Å². The van der Waals surface area contributed by atoms with Crippen LogP contribution in [0.3, 0.4) is 0 Å². The topological polar surface area (TPSA) is 17.1 Å². The smallest absolute Gasteiger partial charge is 0.253 e. The van der Waals surface area contributed by atoms with E-state index in [9.17, 15) is 13.6 Å². The van der Waals surface area contributed by atoms with Gasteiger partial charge in [0.2, 0.25) is 0 Å². The second kappa shape index (κ2) is 4.02. The van der Waals surface area contributed by atoms with Crippen LogP contribution in [0.25, 0.3) is 0 Å². The van der Waals surface area contributed by atoms with Gasteiger partial charge < -0.3 is 0 Å². The van der Waals surface area contributed by atoms with Crippen molar-refractivity contribution in [1.29, 1.82) is 0 Å². The molecule has 1 aromatic rings. The molecule has 0 N–H and O–H groups in total. The predicted molar refractivity (Wildman–Crippen MR) is 51.9 cm³/mol. The van der Waals surface area contributed by atoms with Crippen molar-refractivity contribution in [2.24, 2.45) is 0 Å². The lowest BCUT2D eigenvalue weighted by atomic mass is 10.2. The summed E-state index contributed by atoms with van der Waals surface area (Å²) in [5, 5.41) is -0.919. The van der Waals surface area contributed by atoms with Crippen LogP contribution in [-0.4, -0.2) is 5.24 Å². The Balaban J connectivity index is 3.50. The fraction of sp³-hybridized carbons (Fsp3) is 0. The summed E-state index contributed by atoms with van der Waals surface area (Å²) in [7, 11) is 0. The third kappa shape index (κ3) is 2.08. The average Bonchev–Trinajstić information content (AvgIpc) is 2.07. The van der Waals surface area contributed by atoms with Crippen LogP contribution in [0.5, 0.6) is 0 Å². The van der Waals surface area contributed by atoms with Gasteiger partial charge in [0, 0.05) is 0 Å². The molecule has 0 spiro atoms. The standard InChI is InChI=1S/C7HBr2ClF2O/c8-4-2(7(10)13)1-3(11)5(9)6(4)12/h1H. The fourth-order valence-electron chi connectivity index (χ4n) is 0.716. The highest BCUT2D eigenvalue weighted by Gasteiger charge is 2.18. The quantitative estimate of drug-likeness (QED) is 0.433. The molecular formula is C7HBr2ClF2O. The second-order valence-corrected chi connectivity index (χ2v) is 4.05. The minimum atomic E-state index is -0.919. The van der Waals surface area contributed by atoms with Crippen LogP contribution in [0.4, 0.5) is 8.78 Å². The third-order valence-corrected chi connectivity index (χ3v) is 3.02. The minimum Gasteiger partial charge on any atom is -0.276 e. The summed E-state index contributed by atoms with van der Waals surface area (Å²) < 4.78 is 25.4. The van der Waals surface area contributed by atoms with Crippen molar-refractivity contribution in [3.05, 3.63) is 32.2 Å². The maximum Gasteiger partial charge on any atom is 0.253 e. The van der Waals surface area contributed by atoms with Crippen LogP contribution < -0.4 is 0 Å². The molecule has 0 radical (unpaired) electrons. The Hall–Kier alpha value is -0.0000000000000000555. The van der Waals surface area contributed by atoms with Crippen molar-refractivity contribution in [2.75, 3.05) is 0 Å². The van der Waals surface area contributed by atoms with Gasteiger partial charge in [0.15, 0.2) is 5.82 Å². The van der Waals surface area contributed by atoms with Gasteiger partial charge in [0.1, 0.15) is 5.82 Å². The Labute approximate surface area is 94.3 Å². The van der Waals surface area contributed by atoms with Crippen molar-refractivity contribution in [3.8, 4) is 0 Å². The molecule has 0 saturated heterocycles. The molecule has 0 aliphatic carbocycles. The molecule has 0 bridgehead atoms. The summed E-state index contributed by atoms with van der Waals surface area (Å²) in [6.45, 7) is 0. The van der Waals surface area contributed by atoms with E-state index < -0.39 is 16.9 Å². The van der Waals surface area contributed by atoms with Gasteiger partial charge in [0.25, 0.3) is 5.24 Å². The summed E-state index contributed by atoms with van der Waals surface area (Å²) in [6.07, 6.45) is 0. The molecule has 0 aliphatic rings. The number of halogens is 5. The van der Waals surface area contributed by atoms with Crippen LogP contribution in [0, 0.1) is 11.6 Å². The lowest BCUT2D eigenvalue weighted by Crippen LogP contribution is -1.97. The molecule has 0 aliphatic heterocycles. The van der Waals surface area contributed by atoms with E-state index in [-0.39, 0.29) is 14.5 Å². The number of carbonyl (C=O) groups is 1. The summed E-state index contributed by atoms with van der Waals surface area (Å²) in [5.74, 6) is -1.76. The molecule has 1 aromatic carbocycles. The van der Waals surface area contributed by atoms with Gasteiger partial charge in [-0.3, -0.25) is 4.79 Å². The number of carbonyl (C=O) groups excluding carboxylic acids is 1. The van der Waals surface area contributed by atoms with E-state index in [4.69, 9.17) is 11.6 Å². The fourth-order valence-corrected chi connectivity index (χ4v) is 2.05. The van der Waals surface area contributed by atoms with Crippen molar-refractivity contribution in [1.82, 2.24) is 0 Å². The van der Waals surface area contributed by atoms with E-state index in [0.717, 1.165) is 6.07 Å². The van der Waals surface area contributed by atoms with Crippen molar-refractivity contribution >= 4 is 48.7 Å². The van der Waals surface area contributed by atoms with Crippen molar-refractivity contribution < 1.29 is 13.6 Å². The SMILES string of the molecule is O=C(Cl)c1cc(F)c(Br)c(F)c1Br. The van der Waals surface area contributed by atoms with Gasteiger partial charge >= 0.3 is 0 Å². The van der Waals surface area contributed by atoms with E-state index in [1.54, 1.807) is 0 Å². The highest BCUT2D eigenvalue weighted by Crippen LogP contribution is 2.30. The Morgan fingerprint density at radius 3 is 2.31 bits per heavy atom. The highest BCUT2D eigenvalue weighted by molar-refractivity contribution is 9.11. The normalized spacial score (nSPS) is 10.2. The van der Waals surface area contributed by atoms with Crippen LogP contribution in [0.1, 0.15) is 10.4 Å². The Kier molecular flexibility index (Phi) is 3.43. The molecule has 0 aromatic heterocycles. The summed E-state index contributed by atoms with van der Waals surface area (Å²) >= 11 is 10.6. The molecule has 6 heteroatoms. The molecule has 0 atom stereocenters. The number of rotatable bonds is 1. The largest absolute Gasteiger partial charge is 0.276 e. The zero-order chi connectivity index (χ0) is 10.2. The van der Waals surface area contributed by atoms with Crippen LogP contribution in [0.2, 0.25) is 0 Å². The molecule has 1 rings (SSSR count). The van der Waals surface area contributed by atoms with Crippen molar-refractivity contribution in [2.45, 2.75) is 0 Å². The van der Waals surface area contributed by atoms with E-state index in [1.165, 1.54) is 0 Å². The van der Waals surface area contributed by atoms with E-state index in [1.807, 2.05) is 0 Å². The van der Waals surface area contributed by atoms with Gasteiger partial charge in [-0.2, -0.15) is 0 Å².